The first-order chi connectivity index (χ1) is 5.70. The van der Waals surface area contributed by atoms with Gasteiger partial charge in [0.25, 0.3) is 0 Å². The van der Waals surface area contributed by atoms with Gasteiger partial charge in [0.15, 0.2) is 0 Å². The number of carboxylic acid groups (broad SMARTS) is 1. The van der Waals surface area contributed by atoms with Crippen molar-refractivity contribution in [2.45, 2.75) is 12.8 Å². The number of pyridine rings is 1. The molecular weight excluding hydrogens is 222 g/mol. The van der Waals surface area contributed by atoms with E-state index in [4.69, 9.17) is 5.11 Å². The van der Waals surface area contributed by atoms with Crippen LogP contribution in [0.5, 0.6) is 0 Å². The normalized spacial score (nSPS) is 9.75. The molecule has 0 fully saturated rings. The minimum atomic E-state index is -0.786. The zero-order chi connectivity index (χ0) is 8.97. The molecule has 0 saturated carbocycles. The van der Waals surface area contributed by atoms with Crippen LogP contribution in [-0.4, -0.2) is 16.1 Å². The van der Waals surface area contributed by atoms with Gasteiger partial charge in [-0.3, -0.25) is 4.79 Å². The van der Waals surface area contributed by atoms with Crippen molar-refractivity contribution in [3.63, 3.8) is 0 Å². The highest BCUT2D eigenvalue weighted by Gasteiger charge is 2.02. The summed E-state index contributed by atoms with van der Waals surface area (Å²) in [5.41, 5.74) is 0.930. The molecule has 1 heterocycles. The van der Waals surface area contributed by atoms with Gasteiger partial charge < -0.3 is 5.11 Å². The van der Waals surface area contributed by atoms with E-state index >= 15 is 0 Å². The van der Waals surface area contributed by atoms with E-state index in [1.54, 1.807) is 12.3 Å². The maximum absolute atomic E-state index is 10.2. The van der Waals surface area contributed by atoms with Gasteiger partial charge in [0.2, 0.25) is 0 Å². The number of aromatic nitrogens is 1. The molecule has 0 amide bonds. The van der Waals surface area contributed by atoms with Crippen molar-refractivity contribution in [3.8, 4) is 0 Å². The molecule has 0 aromatic carbocycles. The monoisotopic (exact) mass is 229 g/mol. The average molecular weight is 230 g/mol. The molecule has 0 aliphatic carbocycles. The number of halogens is 1. The van der Waals surface area contributed by atoms with Crippen molar-refractivity contribution in [1.82, 2.24) is 4.98 Å². The van der Waals surface area contributed by atoms with Gasteiger partial charge in [0, 0.05) is 12.6 Å². The van der Waals surface area contributed by atoms with Crippen molar-refractivity contribution in [2.75, 3.05) is 0 Å². The van der Waals surface area contributed by atoms with Crippen LogP contribution in [0.3, 0.4) is 0 Å². The third-order valence-corrected chi connectivity index (χ3v) is 2.16. The van der Waals surface area contributed by atoms with Crippen molar-refractivity contribution in [3.05, 3.63) is 28.5 Å². The molecule has 0 atom stereocenters. The second kappa shape index (κ2) is 4.21. The molecule has 1 aromatic rings. The zero-order valence-electron chi connectivity index (χ0n) is 6.33. The first-order valence-corrected chi connectivity index (χ1v) is 4.30. The lowest BCUT2D eigenvalue weighted by Crippen LogP contribution is -1.98. The smallest absolute Gasteiger partial charge is 0.303 e. The summed E-state index contributed by atoms with van der Waals surface area (Å²) in [4.78, 5) is 14.2. The molecule has 1 N–H and O–H groups in total. The van der Waals surface area contributed by atoms with E-state index in [2.05, 4.69) is 20.9 Å². The van der Waals surface area contributed by atoms with Crippen LogP contribution in [0.15, 0.2) is 22.9 Å². The molecule has 0 aliphatic rings. The number of carbonyl (C=O) groups is 1. The highest BCUT2D eigenvalue weighted by molar-refractivity contribution is 9.10. The molecule has 4 heteroatoms. The third kappa shape index (κ3) is 2.62. The fraction of sp³-hybridized carbons (Fsp3) is 0.250. The first-order valence-electron chi connectivity index (χ1n) is 3.51. The Bertz CT molecular complexity index is 288. The number of aryl methyl sites for hydroxylation is 1. The molecule has 0 radical (unpaired) electrons. The molecule has 3 nitrogen and oxygen atoms in total. The number of aliphatic carboxylic acids is 1. The molecule has 1 rings (SSSR count). The fourth-order valence-corrected chi connectivity index (χ4v) is 1.30. The van der Waals surface area contributed by atoms with Crippen LogP contribution in [0.2, 0.25) is 0 Å². The maximum Gasteiger partial charge on any atom is 0.303 e. The van der Waals surface area contributed by atoms with E-state index in [9.17, 15) is 4.79 Å². The summed E-state index contributed by atoms with van der Waals surface area (Å²) in [5.74, 6) is -0.786. The van der Waals surface area contributed by atoms with Crippen molar-refractivity contribution in [1.29, 1.82) is 0 Å². The summed E-state index contributed by atoms with van der Waals surface area (Å²) in [6.45, 7) is 0. The fourth-order valence-electron chi connectivity index (χ4n) is 0.847. The predicted octanol–water partition coefficient (Wildman–Crippen LogP) is 1.86. The Balaban J connectivity index is 2.63. The second-order valence-corrected chi connectivity index (χ2v) is 3.10. The second-order valence-electron chi connectivity index (χ2n) is 2.35. The van der Waals surface area contributed by atoms with Crippen LogP contribution >= 0.6 is 15.9 Å². The molecule has 0 spiro atoms. The van der Waals surface area contributed by atoms with Gasteiger partial charge in [-0.15, -0.1) is 0 Å². The molecule has 64 valence electrons. The van der Waals surface area contributed by atoms with E-state index < -0.39 is 5.97 Å². The summed E-state index contributed by atoms with van der Waals surface area (Å²) in [7, 11) is 0. The van der Waals surface area contributed by atoms with Crippen LogP contribution in [0, 0.1) is 0 Å². The summed E-state index contributed by atoms with van der Waals surface area (Å²) >= 11 is 3.24. The van der Waals surface area contributed by atoms with Gasteiger partial charge in [-0.2, -0.15) is 0 Å². The highest BCUT2D eigenvalue weighted by atomic mass is 79.9. The van der Waals surface area contributed by atoms with Crippen LogP contribution < -0.4 is 0 Å². The van der Waals surface area contributed by atoms with Crippen molar-refractivity contribution in [2.24, 2.45) is 0 Å². The summed E-state index contributed by atoms with van der Waals surface area (Å²) in [6, 6.07) is 3.65. The summed E-state index contributed by atoms with van der Waals surface area (Å²) < 4.78 is 0.728. The molecular formula is C8H8BrNO2. The van der Waals surface area contributed by atoms with Gasteiger partial charge in [-0.1, -0.05) is 6.07 Å². The third-order valence-electron chi connectivity index (χ3n) is 1.44. The summed E-state index contributed by atoms with van der Waals surface area (Å²) in [6.07, 6.45) is 2.32. The van der Waals surface area contributed by atoms with Crippen molar-refractivity contribution >= 4 is 21.9 Å². The Hall–Kier alpha value is -0.900. The Morgan fingerprint density at radius 1 is 1.67 bits per heavy atom. The predicted molar refractivity (Wildman–Crippen MR) is 47.9 cm³/mol. The van der Waals surface area contributed by atoms with Gasteiger partial charge in [0.1, 0.15) is 4.60 Å². The largest absolute Gasteiger partial charge is 0.481 e. The van der Waals surface area contributed by atoms with Crippen LogP contribution in [0.1, 0.15) is 12.0 Å². The minimum absolute atomic E-state index is 0.143. The topological polar surface area (TPSA) is 50.2 Å². The molecule has 0 unspecified atom stereocenters. The average Bonchev–Trinajstić information content (AvgIpc) is 2.03. The zero-order valence-corrected chi connectivity index (χ0v) is 7.91. The number of hydrogen-bond acceptors (Lipinski definition) is 2. The van der Waals surface area contributed by atoms with Crippen molar-refractivity contribution < 1.29 is 9.90 Å². The molecule has 0 bridgehead atoms. The van der Waals surface area contributed by atoms with Crippen LogP contribution in [0.4, 0.5) is 0 Å². The first kappa shape index (κ1) is 9.19. The van der Waals surface area contributed by atoms with E-state index in [-0.39, 0.29) is 6.42 Å². The van der Waals surface area contributed by atoms with Gasteiger partial charge in [0.05, 0.1) is 0 Å². The summed E-state index contributed by atoms with van der Waals surface area (Å²) in [5, 5.41) is 8.43. The Labute approximate surface area is 78.6 Å². The Kier molecular flexibility index (Phi) is 3.22. The Morgan fingerprint density at radius 3 is 3.00 bits per heavy atom. The van der Waals surface area contributed by atoms with Crippen LogP contribution in [-0.2, 0) is 11.2 Å². The van der Waals surface area contributed by atoms with Crippen LogP contribution in [0.25, 0.3) is 0 Å². The van der Waals surface area contributed by atoms with E-state index in [0.29, 0.717) is 6.42 Å². The number of hydrogen-bond donors (Lipinski definition) is 1. The van der Waals surface area contributed by atoms with E-state index in [0.717, 1.165) is 10.2 Å². The Morgan fingerprint density at radius 2 is 2.42 bits per heavy atom. The van der Waals surface area contributed by atoms with Gasteiger partial charge in [-0.25, -0.2) is 4.98 Å². The standard InChI is InChI=1S/C8H8BrNO2/c9-8-6(2-1-5-10-8)3-4-7(11)12/h1-2,5H,3-4H2,(H,11,12). The number of nitrogens with zero attached hydrogens (tertiary/aromatic N) is 1. The lowest BCUT2D eigenvalue weighted by atomic mass is 10.2. The lowest BCUT2D eigenvalue weighted by molar-refractivity contribution is -0.136. The molecule has 0 saturated heterocycles. The number of rotatable bonds is 3. The molecule has 0 aliphatic heterocycles. The SMILES string of the molecule is O=C(O)CCc1cccnc1Br. The lowest BCUT2D eigenvalue weighted by Gasteiger charge is -1.99. The number of carboxylic acids is 1. The highest BCUT2D eigenvalue weighted by Crippen LogP contribution is 2.13. The quantitative estimate of drug-likeness (QED) is 0.806. The minimum Gasteiger partial charge on any atom is -0.481 e. The molecule has 12 heavy (non-hydrogen) atoms. The van der Waals surface area contributed by atoms with Gasteiger partial charge >= 0.3 is 5.97 Å². The van der Waals surface area contributed by atoms with E-state index in [1.807, 2.05) is 6.07 Å². The molecule has 1 aromatic heterocycles. The van der Waals surface area contributed by atoms with E-state index in [1.165, 1.54) is 0 Å². The van der Waals surface area contributed by atoms with Gasteiger partial charge in [-0.05, 0) is 34.0 Å². The maximum atomic E-state index is 10.2.